The highest BCUT2D eigenvalue weighted by atomic mass is 19.2. The van der Waals surface area contributed by atoms with Gasteiger partial charge in [-0.2, -0.15) is 0 Å². The third-order valence-electron chi connectivity index (χ3n) is 2.73. The predicted molar refractivity (Wildman–Crippen MR) is 60.5 cm³/mol. The second-order valence-corrected chi connectivity index (χ2v) is 3.79. The van der Waals surface area contributed by atoms with E-state index in [0.29, 0.717) is 0 Å². The average molecular weight is 237 g/mol. The zero-order valence-corrected chi connectivity index (χ0v) is 9.61. The highest BCUT2D eigenvalue weighted by Gasteiger charge is 2.20. The minimum atomic E-state index is -0.843. The molecule has 1 heterocycles. The van der Waals surface area contributed by atoms with E-state index in [4.69, 9.17) is 0 Å². The fourth-order valence-corrected chi connectivity index (χ4v) is 1.85. The van der Waals surface area contributed by atoms with Crippen LogP contribution < -0.4 is 5.32 Å². The predicted octanol–water partition coefficient (Wildman–Crippen LogP) is 2.01. The van der Waals surface area contributed by atoms with Crippen LogP contribution in [-0.2, 0) is 7.05 Å². The van der Waals surface area contributed by atoms with Gasteiger partial charge in [0.15, 0.2) is 11.6 Å². The highest BCUT2D eigenvalue weighted by molar-refractivity contribution is 5.29. The van der Waals surface area contributed by atoms with E-state index in [9.17, 15) is 8.78 Å². The Morgan fingerprint density at radius 2 is 2.12 bits per heavy atom. The molecule has 2 aromatic rings. The lowest BCUT2D eigenvalue weighted by molar-refractivity contribution is 0.483. The molecule has 1 aromatic carbocycles. The number of halogens is 2. The average Bonchev–Trinajstić information content (AvgIpc) is 2.72. The van der Waals surface area contributed by atoms with Crippen LogP contribution >= 0.6 is 0 Å². The maximum atomic E-state index is 13.7. The minimum absolute atomic E-state index is 0.274. The highest BCUT2D eigenvalue weighted by Crippen LogP contribution is 2.24. The quantitative estimate of drug-likeness (QED) is 0.885. The Morgan fingerprint density at radius 1 is 1.35 bits per heavy atom. The first kappa shape index (κ1) is 11.7. The van der Waals surface area contributed by atoms with Crippen LogP contribution in [0.15, 0.2) is 30.7 Å². The van der Waals surface area contributed by atoms with Crippen LogP contribution in [0.2, 0.25) is 0 Å². The number of hydrogen-bond acceptors (Lipinski definition) is 2. The summed E-state index contributed by atoms with van der Waals surface area (Å²) in [5, 5.41) is 2.96. The van der Waals surface area contributed by atoms with Crippen molar-refractivity contribution in [1.29, 1.82) is 0 Å². The number of hydrogen-bond donors (Lipinski definition) is 1. The Balaban J connectivity index is 2.50. The van der Waals surface area contributed by atoms with Crippen LogP contribution in [0.4, 0.5) is 8.78 Å². The van der Waals surface area contributed by atoms with Gasteiger partial charge in [0, 0.05) is 12.6 Å². The minimum Gasteiger partial charge on any atom is -0.336 e. The smallest absolute Gasteiger partial charge is 0.163 e. The number of aryl methyl sites for hydroxylation is 1. The lowest BCUT2D eigenvalue weighted by atomic mass is 10.0. The largest absolute Gasteiger partial charge is 0.336 e. The van der Waals surface area contributed by atoms with Crippen molar-refractivity contribution < 1.29 is 8.78 Å². The zero-order valence-electron chi connectivity index (χ0n) is 9.61. The Kier molecular flexibility index (Phi) is 3.19. The molecular formula is C12H13F2N3. The van der Waals surface area contributed by atoms with E-state index < -0.39 is 17.7 Å². The SMILES string of the molecule is CNC(c1cccc(F)c1F)c1cncn1C. The van der Waals surface area contributed by atoms with Crippen molar-refractivity contribution in [2.24, 2.45) is 7.05 Å². The summed E-state index contributed by atoms with van der Waals surface area (Å²) in [7, 11) is 3.51. The molecule has 0 aliphatic carbocycles. The monoisotopic (exact) mass is 237 g/mol. The number of benzene rings is 1. The molecule has 0 aliphatic rings. The molecule has 0 saturated carbocycles. The summed E-state index contributed by atoms with van der Waals surface area (Å²) in [5.74, 6) is -1.67. The lowest BCUT2D eigenvalue weighted by Crippen LogP contribution is -2.21. The first-order valence-corrected chi connectivity index (χ1v) is 5.22. The molecule has 5 heteroatoms. The van der Waals surface area contributed by atoms with E-state index in [1.807, 2.05) is 7.05 Å². The second kappa shape index (κ2) is 4.63. The number of aromatic nitrogens is 2. The molecule has 1 atom stereocenters. The maximum absolute atomic E-state index is 13.7. The van der Waals surface area contributed by atoms with E-state index in [-0.39, 0.29) is 5.56 Å². The normalized spacial score (nSPS) is 12.7. The van der Waals surface area contributed by atoms with Gasteiger partial charge in [-0.3, -0.25) is 0 Å². The molecule has 0 spiro atoms. The van der Waals surface area contributed by atoms with E-state index in [1.54, 1.807) is 30.2 Å². The third kappa shape index (κ3) is 2.06. The van der Waals surface area contributed by atoms with Crippen molar-refractivity contribution in [3.05, 3.63) is 53.6 Å². The van der Waals surface area contributed by atoms with Gasteiger partial charge >= 0.3 is 0 Å². The van der Waals surface area contributed by atoms with Gasteiger partial charge in [0.25, 0.3) is 0 Å². The van der Waals surface area contributed by atoms with Crippen molar-refractivity contribution in [3.8, 4) is 0 Å². The van der Waals surface area contributed by atoms with Crippen LogP contribution in [0, 0.1) is 11.6 Å². The molecular weight excluding hydrogens is 224 g/mol. The van der Waals surface area contributed by atoms with E-state index in [0.717, 1.165) is 11.8 Å². The van der Waals surface area contributed by atoms with Crippen LogP contribution in [0.5, 0.6) is 0 Å². The van der Waals surface area contributed by atoms with Crippen molar-refractivity contribution in [1.82, 2.24) is 14.9 Å². The summed E-state index contributed by atoms with van der Waals surface area (Å²) >= 11 is 0. The van der Waals surface area contributed by atoms with Gasteiger partial charge < -0.3 is 9.88 Å². The Bertz CT molecular complexity index is 522. The van der Waals surface area contributed by atoms with Crippen molar-refractivity contribution >= 4 is 0 Å². The van der Waals surface area contributed by atoms with Crippen molar-refractivity contribution in [2.45, 2.75) is 6.04 Å². The fraction of sp³-hybridized carbons (Fsp3) is 0.250. The molecule has 1 unspecified atom stereocenters. The molecule has 3 nitrogen and oxygen atoms in total. The molecule has 0 saturated heterocycles. The van der Waals surface area contributed by atoms with Gasteiger partial charge in [-0.1, -0.05) is 12.1 Å². The van der Waals surface area contributed by atoms with Crippen molar-refractivity contribution in [2.75, 3.05) is 7.05 Å². The van der Waals surface area contributed by atoms with Gasteiger partial charge in [-0.15, -0.1) is 0 Å². The fourth-order valence-electron chi connectivity index (χ4n) is 1.85. The van der Waals surface area contributed by atoms with Crippen LogP contribution in [0.25, 0.3) is 0 Å². The number of rotatable bonds is 3. The summed E-state index contributed by atoms with van der Waals surface area (Å²) < 4.78 is 28.7. The summed E-state index contributed by atoms with van der Waals surface area (Å²) in [6.07, 6.45) is 3.25. The van der Waals surface area contributed by atoms with Gasteiger partial charge in [0.1, 0.15) is 0 Å². The molecule has 1 N–H and O–H groups in total. The van der Waals surface area contributed by atoms with E-state index >= 15 is 0 Å². The van der Waals surface area contributed by atoms with Gasteiger partial charge in [-0.25, -0.2) is 13.8 Å². The van der Waals surface area contributed by atoms with E-state index in [1.165, 1.54) is 6.07 Å². The van der Waals surface area contributed by atoms with Gasteiger partial charge in [-0.05, 0) is 13.1 Å². The molecule has 0 radical (unpaired) electrons. The first-order valence-electron chi connectivity index (χ1n) is 5.22. The molecule has 17 heavy (non-hydrogen) atoms. The maximum Gasteiger partial charge on any atom is 0.163 e. The van der Waals surface area contributed by atoms with Crippen LogP contribution in [0.3, 0.4) is 0 Å². The molecule has 0 bridgehead atoms. The number of nitrogens with one attached hydrogen (secondary N) is 1. The standard InChI is InChI=1S/C12H13F2N3/c1-15-12(10-6-16-7-17(10)2)8-4-3-5-9(13)11(8)14/h3-7,12,15H,1-2H3. The molecule has 0 fully saturated rings. The van der Waals surface area contributed by atoms with Crippen molar-refractivity contribution in [3.63, 3.8) is 0 Å². The van der Waals surface area contributed by atoms with Crippen LogP contribution in [0.1, 0.15) is 17.3 Å². The second-order valence-electron chi connectivity index (χ2n) is 3.79. The van der Waals surface area contributed by atoms with Gasteiger partial charge in [0.2, 0.25) is 0 Å². The molecule has 1 aromatic heterocycles. The molecule has 2 rings (SSSR count). The molecule has 0 aliphatic heterocycles. The Hall–Kier alpha value is -1.75. The Labute approximate surface area is 98.1 Å². The van der Waals surface area contributed by atoms with E-state index in [2.05, 4.69) is 10.3 Å². The summed E-state index contributed by atoms with van der Waals surface area (Å²) in [5.41, 5.74) is 1.05. The number of nitrogens with zero attached hydrogens (tertiary/aromatic N) is 2. The summed E-state index contributed by atoms with van der Waals surface area (Å²) in [6.45, 7) is 0. The summed E-state index contributed by atoms with van der Waals surface area (Å²) in [4.78, 5) is 3.97. The molecule has 0 amide bonds. The summed E-state index contributed by atoms with van der Waals surface area (Å²) in [6, 6.07) is 3.74. The Morgan fingerprint density at radius 3 is 2.71 bits per heavy atom. The molecule has 90 valence electrons. The topological polar surface area (TPSA) is 29.9 Å². The lowest BCUT2D eigenvalue weighted by Gasteiger charge is -2.17. The van der Waals surface area contributed by atoms with Gasteiger partial charge in [0.05, 0.1) is 24.3 Å². The third-order valence-corrected chi connectivity index (χ3v) is 2.73. The zero-order chi connectivity index (χ0) is 12.4. The first-order chi connectivity index (χ1) is 8.15. The number of imidazole rings is 1. The van der Waals surface area contributed by atoms with Crippen LogP contribution in [-0.4, -0.2) is 16.6 Å².